The van der Waals surface area contributed by atoms with Crippen LogP contribution in [0.15, 0.2) is 0 Å². The zero-order chi connectivity index (χ0) is 15.3. The minimum Gasteiger partial charge on any atom is -0.480 e. The third-order valence-corrected chi connectivity index (χ3v) is 3.67. The summed E-state index contributed by atoms with van der Waals surface area (Å²) in [7, 11) is 2.80. The molecule has 7 nitrogen and oxygen atoms in total. The normalized spacial score (nSPS) is 20.1. The Morgan fingerprint density at radius 3 is 2.60 bits per heavy atom. The first-order valence-corrected chi connectivity index (χ1v) is 6.74. The molecule has 7 heteroatoms. The molecule has 0 radical (unpaired) electrons. The van der Waals surface area contributed by atoms with Crippen LogP contribution in [0.2, 0.25) is 0 Å². The van der Waals surface area contributed by atoms with Gasteiger partial charge in [-0.1, -0.05) is 6.92 Å². The van der Waals surface area contributed by atoms with Gasteiger partial charge < -0.3 is 19.6 Å². The van der Waals surface area contributed by atoms with Gasteiger partial charge in [0.1, 0.15) is 6.04 Å². The molecular formula is C13H22N2O5. The van der Waals surface area contributed by atoms with Gasteiger partial charge in [-0.15, -0.1) is 0 Å². The number of carboxylic acid groups (broad SMARTS) is 1. The van der Waals surface area contributed by atoms with E-state index in [1.54, 1.807) is 6.92 Å². The van der Waals surface area contributed by atoms with Crippen molar-refractivity contribution in [2.75, 3.05) is 27.2 Å². The van der Waals surface area contributed by atoms with Gasteiger partial charge in [0.2, 0.25) is 0 Å². The zero-order valence-electron chi connectivity index (χ0n) is 12.2. The summed E-state index contributed by atoms with van der Waals surface area (Å²) >= 11 is 0. The largest absolute Gasteiger partial charge is 0.480 e. The smallest absolute Gasteiger partial charge is 0.326 e. The highest BCUT2D eigenvalue weighted by Gasteiger charge is 2.33. The van der Waals surface area contributed by atoms with Crippen molar-refractivity contribution in [3.63, 3.8) is 0 Å². The second-order valence-electron chi connectivity index (χ2n) is 4.96. The molecule has 1 fully saturated rings. The molecule has 0 bridgehead atoms. The predicted molar refractivity (Wildman–Crippen MR) is 71.2 cm³/mol. The number of hydrogen-bond acceptors (Lipinski definition) is 4. The molecule has 1 saturated heterocycles. The van der Waals surface area contributed by atoms with E-state index in [1.807, 2.05) is 0 Å². The first kappa shape index (κ1) is 16.3. The number of nitrogens with zero attached hydrogens (tertiary/aromatic N) is 2. The number of likely N-dealkylation sites (tertiary alicyclic amines) is 1. The van der Waals surface area contributed by atoms with Crippen molar-refractivity contribution in [2.45, 2.75) is 32.2 Å². The summed E-state index contributed by atoms with van der Waals surface area (Å²) in [6.07, 6.45) is 1.74. The highest BCUT2D eigenvalue weighted by atomic mass is 16.5. The van der Waals surface area contributed by atoms with Crippen LogP contribution in [0.4, 0.5) is 4.79 Å². The summed E-state index contributed by atoms with van der Waals surface area (Å²) in [4.78, 5) is 37.7. The second kappa shape index (κ2) is 7.12. The first-order valence-electron chi connectivity index (χ1n) is 6.74. The lowest BCUT2D eigenvalue weighted by atomic mass is 9.98. The van der Waals surface area contributed by atoms with Crippen LogP contribution < -0.4 is 0 Å². The van der Waals surface area contributed by atoms with Crippen LogP contribution in [0.25, 0.3) is 0 Å². The van der Waals surface area contributed by atoms with Crippen molar-refractivity contribution < 1.29 is 24.2 Å². The summed E-state index contributed by atoms with van der Waals surface area (Å²) in [5.74, 6) is -1.67. The highest BCUT2D eigenvalue weighted by molar-refractivity contribution is 5.83. The van der Waals surface area contributed by atoms with E-state index in [4.69, 9.17) is 9.84 Å². The SMILES string of the molecule is CCC(C(=O)O)N(C)C(=O)N1CCCC(C(=O)OC)C1. The third kappa shape index (κ3) is 3.61. The van der Waals surface area contributed by atoms with Crippen LogP contribution in [0.3, 0.4) is 0 Å². The average Bonchev–Trinajstić information content (AvgIpc) is 2.45. The van der Waals surface area contributed by atoms with E-state index in [2.05, 4.69) is 0 Å². The van der Waals surface area contributed by atoms with Crippen LogP contribution in [0.5, 0.6) is 0 Å². The van der Waals surface area contributed by atoms with Gasteiger partial charge in [0.15, 0.2) is 0 Å². The maximum atomic E-state index is 12.3. The molecule has 2 atom stereocenters. The Kier molecular flexibility index (Phi) is 5.79. The number of carboxylic acids is 1. The second-order valence-corrected chi connectivity index (χ2v) is 4.96. The standard InChI is InChI=1S/C13H22N2O5/c1-4-10(11(16)17)14(2)13(19)15-7-5-6-9(8-15)12(18)20-3/h9-10H,4-8H2,1-3H3,(H,16,17). The van der Waals surface area contributed by atoms with Crippen LogP contribution in [-0.4, -0.2) is 66.2 Å². The molecule has 0 spiro atoms. The van der Waals surface area contributed by atoms with Gasteiger partial charge in [-0.2, -0.15) is 0 Å². The molecule has 0 aromatic heterocycles. The monoisotopic (exact) mass is 286 g/mol. The van der Waals surface area contributed by atoms with Crippen molar-refractivity contribution in [3.8, 4) is 0 Å². The number of likely N-dealkylation sites (N-methyl/N-ethyl adjacent to an activating group) is 1. The maximum Gasteiger partial charge on any atom is 0.326 e. The van der Waals surface area contributed by atoms with Gasteiger partial charge in [0, 0.05) is 20.1 Å². The van der Waals surface area contributed by atoms with Crippen molar-refractivity contribution >= 4 is 18.0 Å². The quantitative estimate of drug-likeness (QED) is 0.772. The molecule has 1 aliphatic heterocycles. The Bertz CT molecular complexity index is 385. The van der Waals surface area contributed by atoms with E-state index in [-0.39, 0.29) is 24.5 Å². The molecule has 0 aromatic carbocycles. The lowest BCUT2D eigenvalue weighted by Crippen LogP contribution is -2.52. The molecule has 0 aromatic rings. The lowest BCUT2D eigenvalue weighted by molar-refractivity contribution is -0.147. The van der Waals surface area contributed by atoms with Gasteiger partial charge >= 0.3 is 18.0 Å². The van der Waals surface area contributed by atoms with E-state index in [1.165, 1.54) is 24.0 Å². The van der Waals surface area contributed by atoms with Crippen molar-refractivity contribution in [1.82, 2.24) is 9.80 Å². The van der Waals surface area contributed by atoms with Crippen molar-refractivity contribution in [3.05, 3.63) is 0 Å². The number of urea groups is 1. The topological polar surface area (TPSA) is 87.2 Å². The minimum absolute atomic E-state index is 0.284. The summed E-state index contributed by atoms with van der Waals surface area (Å²) in [6, 6.07) is -1.20. The Balaban J connectivity index is 2.71. The fraction of sp³-hybridized carbons (Fsp3) is 0.769. The molecule has 1 aliphatic rings. The molecule has 2 unspecified atom stereocenters. The van der Waals surface area contributed by atoms with Gasteiger partial charge in [0.25, 0.3) is 0 Å². The van der Waals surface area contributed by atoms with Gasteiger partial charge in [-0.3, -0.25) is 4.79 Å². The van der Waals surface area contributed by atoms with Crippen LogP contribution in [0, 0.1) is 5.92 Å². The van der Waals surface area contributed by atoms with Gasteiger partial charge in [-0.25, -0.2) is 9.59 Å². The van der Waals surface area contributed by atoms with Crippen molar-refractivity contribution in [2.24, 2.45) is 5.92 Å². The molecule has 20 heavy (non-hydrogen) atoms. The number of aliphatic carboxylic acids is 1. The Hall–Kier alpha value is -1.79. The molecular weight excluding hydrogens is 264 g/mol. The molecule has 0 saturated carbocycles. The van der Waals surface area contributed by atoms with Crippen LogP contribution in [-0.2, 0) is 14.3 Å². The fourth-order valence-electron chi connectivity index (χ4n) is 2.48. The van der Waals surface area contributed by atoms with Crippen molar-refractivity contribution in [1.29, 1.82) is 0 Å². The maximum absolute atomic E-state index is 12.3. The van der Waals surface area contributed by atoms with Gasteiger partial charge in [-0.05, 0) is 19.3 Å². The summed E-state index contributed by atoms with van der Waals surface area (Å²) in [5, 5.41) is 9.08. The number of methoxy groups -OCH3 is 1. The molecule has 114 valence electrons. The molecule has 2 amide bonds. The average molecular weight is 286 g/mol. The molecule has 1 heterocycles. The lowest BCUT2D eigenvalue weighted by Gasteiger charge is -2.35. The van der Waals surface area contributed by atoms with E-state index >= 15 is 0 Å². The number of amides is 2. The number of ether oxygens (including phenoxy) is 1. The molecule has 1 N–H and O–H groups in total. The minimum atomic E-state index is -1.02. The third-order valence-electron chi connectivity index (χ3n) is 3.67. The zero-order valence-corrected chi connectivity index (χ0v) is 12.2. The molecule has 0 aliphatic carbocycles. The molecule has 1 rings (SSSR count). The Morgan fingerprint density at radius 2 is 2.10 bits per heavy atom. The number of hydrogen-bond donors (Lipinski definition) is 1. The first-order chi connectivity index (χ1) is 9.42. The Labute approximate surface area is 118 Å². The highest BCUT2D eigenvalue weighted by Crippen LogP contribution is 2.19. The number of piperidine rings is 1. The fourth-order valence-corrected chi connectivity index (χ4v) is 2.48. The summed E-state index contributed by atoms with van der Waals surface area (Å²) in [5.41, 5.74) is 0. The summed E-state index contributed by atoms with van der Waals surface area (Å²) in [6.45, 7) is 2.54. The van der Waals surface area contributed by atoms with E-state index in [0.29, 0.717) is 25.8 Å². The van der Waals surface area contributed by atoms with Crippen LogP contribution >= 0.6 is 0 Å². The number of rotatable bonds is 4. The van der Waals surface area contributed by atoms with Crippen LogP contribution in [0.1, 0.15) is 26.2 Å². The van der Waals surface area contributed by atoms with E-state index < -0.39 is 12.0 Å². The predicted octanol–water partition coefficient (Wildman–Crippen LogP) is 0.786. The number of carbonyl (C=O) groups is 3. The van der Waals surface area contributed by atoms with E-state index in [9.17, 15) is 14.4 Å². The number of esters is 1. The number of carbonyl (C=O) groups excluding carboxylic acids is 2. The summed E-state index contributed by atoms with van der Waals surface area (Å²) < 4.78 is 4.70. The van der Waals surface area contributed by atoms with E-state index in [0.717, 1.165) is 0 Å². The Morgan fingerprint density at radius 1 is 1.45 bits per heavy atom. The van der Waals surface area contributed by atoms with Gasteiger partial charge in [0.05, 0.1) is 13.0 Å².